The topological polar surface area (TPSA) is 160 Å². The third-order valence-electron chi connectivity index (χ3n) is 10.9. The molecule has 2 aliphatic heterocycles. The van der Waals surface area contributed by atoms with Crippen molar-refractivity contribution in [3.63, 3.8) is 0 Å². The highest BCUT2D eigenvalue weighted by atomic mass is 35.5. The predicted molar refractivity (Wildman–Crippen MR) is 184 cm³/mol. The van der Waals surface area contributed by atoms with E-state index in [9.17, 15) is 14.0 Å². The summed E-state index contributed by atoms with van der Waals surface area (Å²) in [5.41, 5.74) is 1.22. The van der Waals surface area contributed by atoms with E-state index in [-0.39, 0.29) is 23.3 Å². The Bertz CT molecular complexity index is 1790. The Hall–Kier alpha value is -3.89. The maximum absolute atomic E-state index is 14.5. The number of amides is 2. The number of hydrogen-bond acceptors (Lipinski definition) is 11. The van der Waals surface area contributed by atoms with Gasteiger partial charge in [0.25, 0.3) is 5.91 Å². The minimum atomic E-state index is -0.945. The van der Waals surface area contributed by atoms with Crippen LogP contribution >= 0.6 is 11.6 Å². The number of fused-ring (bicyclic) bond motifs is 3. The number of aryl methyl sites for hydroxylation is 1. The van der Waals surface area contributed by atoms with Crippen molar-refractivity contribution in [1.82, 2.24) is 30.2 Å². The summed E-state index contributed by atoms with van der Waals surface area (Å²) in [6, 6.07) is 3.28. The van der Waals surface area contributed by atoms with Crippen molar-refractivity contribution in [2.45, 2.75) is 101 Å². The fourth-order valence-electron chi connectivity index (χ4n) is 8.35. The van der Waals surface area contributed by atoms with Crippen LogP contribution in [0, 0.1) is 24.6 Å². The van der Waals surface area contributed by atoms with E-state index in [2.05, 4.69) is 30.9 Å². The fraction of sp³-hybridized carbons (Fsp3) is 0.583. The molecule has 2 aromatic heterocycles. The lowest BCUT2D eigenvalue weighted by Gasteiger charge is -2.36. The summed E-state index contributed by atoms with van der Waals surface area (Å²) < 4.78 is 33.9. The van der Waals surface area contributed by atoms with Crippen molar-refractivity contribution >= 4 is 29.5 Å². The molecule has 2 amide bonds. The van der Waals surface area contributed by atoms with Crippen molar-refractivity contribution in [3.8, 4) is 5.82 Å². The summed E-state index contributed by atoms with van der Waals surface area (Å²) in [5.74, 6) is -0.821. The summed E-state index contributed by atoms with van der Waals surface area (Å²) >= 11 is 6.19. The van der Waals surface area contributed by atoms with E-state index in [1.807, 2.05) is 6.92 Å². The van der Waals surface area contributed by atoms with Crippen molar-refractivity contribution in [1.29, 1.82) is 0 Å². The molecule has 4 heterocycles. The third-order valence-corrected chi connectivity index (χ3v) is 11.1. The Kier molecular flexibility index (Phi) is 9.80. The van der Waals surface area contributed by atoms with Crippen LogP contribution in [0.2, 0.25) is 5.02 Å². The molecule has 3 aromatic rings. The molecule has 0 radical (unpaired) electrons. The van der Waals surface area contributed by atoms with E-state index in [0.717, 1.165) is 44.1 Å². The lowest BCUT2D eigenvalue weighted by Crippen LogP contribution is -2.45. The second-order valence-electron chi connectivity index (χ2n) is 14.7. The van der Waals surface area contributed by atoms with Crippen LogP contribution < -0.4 is 16.0 Å². The van der Waals surface area contributed by atoms with Crippen LogP contribution in [0.15, 0.2) is 36.9 Å². The molecule has 3 N–H and O–H groups in total. The van der Waals surface area contributed by atoms with Gasteiger partial charge >= 0.3 is 6.09 Å². The van der Waals surface area contributed by atoms with Gasteiger partial charge in [0.05, 0.1) is 6.04 Å². The monoisotopic (exact) mass is 739 g/mol. The number of carbonyl (C=O) groups is 2. The maximum Gasteiger partial charge on any atom is 0.407 e. The van der Waals surface area contributed by atoms with Crippen molar-refractivity contribution in [3.05, 3.63) is 64.6 Å². The van der Waals surface area contributed by atoms with Crippen molar-refractivity contribution < 1.29 is 38.0 Å². The first-order valence-electron chi connectivity index (χ1n) is 18.1. The van der Waals surface area contributed by atoms with Gasteiger partial charge in [0, 0.05) is 74.0 Å². The minimum Gasteiger partial charge on any atom is -0.446 e. The van der Waals surface area contributed by atoms with Crippen LogP contribution in [0.25, 0.3) is 5.82 Å². The zero-order valence-electron chi connectivity index (χ0n) is 28.9. The Labute approximate surface area is 305 Å². The van der Waals surface area contributed by atoms with Gasteiger partial charge in [-0.3, -0.25) is 9.36 Å². The Morgan fingerprint density at radius 1 is 1.12 bits per heavy atom. The number of anilines is 1. The number of ether oxygens (including phenoxy) is 3. The lowest BCUT2D eigenvalue weighted by molar-refractivity contribution is -0.363. The van der Waals surface area contributed by atoms with E-state index >= 15 is 0 Å². The maximum atomic E-state index is 14.5. The highest BCUT2D eigenvalue weighted by Gasteiger charge is 2.63. The van der Waals surface area contributed by atoms with Crippen LogP contribution in [0.1, 0.15) is 91.9 Å². The number of aromatic nitrogens is 4. The predicted octanol–water partition coefficient (Wildman–Crippen LogP) is 5.69. The molecule has 3 unspecified atom stereocenters. The fourth-order valence-corrected chi connectivity index (χ4v) is 8.58. The van der Waals surface area contributed by atoms with Gasteiger partial charge in [0.15, 0.2) is 0 Å². The van der Waals surface area contributed by atoms with Gasteiger partial charge in [-0.05, 0) is 81.5 Å². The summed E-state index contributed by atoms with van der Waals surface area (Å²) in [4.78, 5) is 51.9. The second-order valence-corrected chi connectivity index (χ2v) is 15.1. The smallest absolute Gasteiger partial charge is 0.407 e. The zero-order valence-corrected chi connectivity index (χ0v) is 29.7. The molecular weight excluding hydrogens is 697 g/mol. The van der Waals surface area contributed by atoms with Gasteiger partial charge in [-0.25, -0.2) is 19.2 Å². The van der Waals surface area contributed by atoms with Crippen LogP contribution in [0.5, 0.6) is 0 Å². The molecule has 2 saturated heterocycles. The molecule has 6 atom stereocenters. The van der Waals surface area contributed by atoms with Crippen LogP contribution in [0.3, 0.4) is 0 Å². The highest BCUT2D eigenvalue weighted by molar-refractivity contribution is 6.30. The molecule has 8 rings (SSSR count). The summed E-state index contributed by atoms with van der Waals surface area (Å²) in [6.07, 6.45) is 11.9. The SMILES string of the molecule is Cc1cnc(NC2CCOCC2)nc1-n1cnc(C(=O)N[C@H](CNC(=O)O[C@@H]2CCC[C@]3(C2)OOC2(CC4CCC2C4)O3)c2cc(F)cc(Cl)c2)c1. The van der Waals surface area contributed by atoms with Crippen molar-refractivity contribution in [2.24, 2.45) is 11.8 Å². The molecule has 14 nitrogen and oxygen atoms in total. The Balaban J connectivity index is 0.913. The number of imidazole rings is 1. The van der Waals surface area contributed by atoms with Gasteiger partial charge in [-0.15, -0.1) is 0 Å². The molecule has 1 aromatic carbocycles. The molecule has 3 saturated carbocycles. The average molecular weight is 740 g/mol. The molecule has 52 heavy (non-hydrogen) atoms. The zero-order chi connectivity index (χ0) is 35.9. The van der Waals surface area contributed by atoms with E-state index in [0.29, 0.717) is 61.6 Å². The normalized spacial score (nSPS) is 29.0. The van der Waals surface area contributed by atoms with Gasteiger partial charge in [0.2, 0.25) is 17.5 Å². The Morgan fingerprint density at radius 2 is 1.98 bits per heavy atom. The van der Waals surface area contributed by atoms with Crippen LogP contribution in [-0.2, 0) is 24.0 Å². The van der Waals surface area contributed by atoms with Gasteiger partial charge in [-0.2, -0.15) is 14.8 Å². The average Bonchev–Trinajstić information content (AvgIpc) is 3.93. The number of alkyl carbamates (subject to hydrolysis) is 1. The molecule has 5 fully saturated rings. The molecule has 278 valence electrons. The van der Waals surface area contributed by atoms with E-state index < -0.39 is 41.5 Å². The molecule has 2 bridgehead atoms. The number of benzene rings is 1. The highest BCUT2D eigenvalue weighted by Crippen LogP contribution is 2.59. The standard InChI is InChI=1S/C36H43ClFN7O7/c1-21-17-39-33(42-27-6-9-48-10-7-27)44-31(21)45-19-30(41-20-45)32(46)43-29(23-12-25(37)14-26(38)13-23)18-40-34(47)49-28-3-2-8-35(16-28)50-36(52-51-35)15-22-4-5-24(36)11-22/h12-14,17,19-20,22,24,27-29H,2-11,15-16,18H2,1H3,(H,40,47)(H,43,46)(H,39,42,44)/t22?,24?,28-,29-,35-,36?/m1/s1. The number of nitrogens with one attached hydrogen (secondary N) is 3. The first kappa shape index (κ1) is 35.2. The van der Waals surface area contributed by atoms with E-state index in [4.69, 9.17) is 35.6 Å². The summed E-state index contributed by atoms with van der Waals surface area (Å²) in [7, 11) is 0. The lowest BCUT2D eigenvalue weighted by atomic mass is 9.90. The largest absolute Gasteiger partial charge is 0.446 e. The number of carbonyl (C=O) groups excluding carboxylic acids is 2. The van der Waals surface area contributed by atoms with Gasteiger partial charge in [0.1, 0.15) is 29.8 Å². The van der Waals surface area contributed by atoms with E-state index in [1.165, 1.54) is 30.9 Å². The quantitative estimate of drug-likeness (QED) is 0.232. The first-order chi connectivity index (χ1) is 25.1. The summed E-state index contributed by atoms with van der Waals surface area (Å²) in [6.45, 7) is 3.11. The molecule has 16 heteroatoms. The number of nitrogens with zero attached hydrogens (tertiary/aromatic N) is 4. The molecule has 5 aliphatic rings. The molecular formula is C36H43ClFN7O7. The van der Waals surface area contributed by atoms with Crippen LogP contribution in [0.4, 0.5) is 15.1 Å². The number of rotatable bonds is 9. The van der Waals surface area contributed by atoms with E-state index in [1.54, 1.807) is 17.0 Å². The Morgan fingerprint density at radius 3 is 2.77 bits per heavy atom. The number of hydrogen-bond donors (Lipinski definition) is 3. The number of halogens is 2. The summed E-state index contributed by atoms with van der Waals surface area (Å²) in [5, 5.41) is 9.11. The van der Waals surface area contributed by atoms with Gasteiger partial charge in [-0.1, -0.05) is 11.6 Å². The third kappa shape index (κ3) is 7.47. The van der Waals surface area contributed by atoms with Crippen molar-refractivity contribution in [2.75, 3.05) is 25.1 Å². The molecule has 3 aliphatic carbocycles. The van der Waals surface area contributed by atoms with Crippen LogP contribution in [-0.4, -0.2) is 75.0 Å². The first-order valence-corrected chi connectivity index (χ1v) is 18.5. The minimum absolute atomic E-state index is 0.0894. The van der Waals surface area contributed by atoms with Gasteiger partial charge < -0.3 is 30.2 Å². The second kappa shape index (κ2) is 14.5. The molecule has 2 spiro atoms.